The van der Waals surface area contributed by atoms with Crippen LogP contribution in [0.15, 0.2) is 16.6 Å². The van der Waals surface area contributed by atoms with Crippen molar-refractivity contribution < 1.29 is 14.6 Å². The zero-order valence-electron chi connectivity index (χ0n) is 13.3. The number of aliphatic hydroxyl groups is 1. The van der Waals surface area contributed by atoms with Crippen molar-refractivity contribution in [2.75, 3.05) is 19.8 Å². The number of ether oxygens (including phenoxy) is 2. The van der Waals surface area contributed by atoms with E-state index in [2.05, 4.69) is 28.2 Å². The topological polar surface area (TPSA) is 50.7 Å². The molecule has 4 nitrogen and oxygen atoms in total. The van der Waals surface area contributed by atoms with E-state index in [0.29, 0.717) is 19.8 Å². The van der Waals surface area contributed by atoms with Gasteiger partial charge in [0, 0.05) is 16.6 Å². The molecule has 0 spiro atoms. The Hall–Kier alpha value is -0.780. The predicted molar refractivity (Wildman–Crippen MR) is 89.1 cm³/mol. The second kappa shape index (κ2) is 8.61. The summed E-state index contributed by atoms with van der Waals surface area (Å²) in [7, 11) is 0. The molecule has 0 atom stereocenters. The van der Waals surface area contributed by atoms with Crippen molar-refractivity contribution in [1.82, 2.24) is 5.32 Å². The average molecular weight is 360 g/mol. The maximum absolute atomic E-state index is 9.30. The largest absolute Gasteiger partial charge is 0.490 e. The van der Waals surface area contributed by atoms with Crippen molar-refractivity contribution in [3.8, 4) is 11.5 Å². The Morgan fingerprint density at radius 3 is 2.43 bits per heavy atom. The van der Waals surface area contributed by atoms with Crippen LogP contribution in [0.25, 0.3) is 0 Å². The molecule has 0 heterocycles. The lowest BCUT2D eigenvalue weighted by atomic mass is 10.1. The summed E-state index contributed by atoms with van der Waals surface area (Å²) in [6, 6.07) is 3.93. The first kappa shape index (κ1) is 18.3. The van der Waals surface area contributed by atoms with Gasteiger partial charge in [-0.25, -0.2) is 0 Å². The van der Waals surface area contributed by atoms with Gasteiger partial charge in [0.15, 0.2) is 11.5 Å². The van der Waals surface area contributed by atoms with Gasteiger partial charge < -0.3 is 19.9 Å². The smallest absolute Gasteiger partial charge is 0.162 e. The molecule has 0 aliphatic carbocycles. The Kier molecular flexibility index (Phi) is 7.49. The van der Waals surface area contributed by atoms with Crippen molar-refractivity contribution in [3.63, 3.8) is 0 Å². The Morgan fingerprint density at radius 2 is 1.86 bits per heavy atom. The predicted octanol–water partition coefficient (Wildman–Crippen LogP) is 3.50. The first-order valence-electron chi connectivity index (χ1n) is 7.37. The fourth-order valence-corrected chi connectivity index (χ4v) is 2.16. The molecule has 0 fully saturated rings. The van der Waals surface area contributed by atoms with E-state index in [1.54, 1.807) is 0 Å². The third kappa shape index (κ3) is 5.85. The summed E-state index contributed by atoms with van der Waals surface area (Å²) >= 11 is 3.58. The number of benzene rings is 1. The van der Waals surface area contributed by atoms with Crippen LogP contribution >= 0.6 is 15.9 Å². The Bertz CT molecular complexity index is 449. The lowest BCUT2D eigenvalue weighted by molar-refractivity contribution is 0.187. The van der Waals surface area contributed by atoms with E-state index in [1.165, 1.54) is 0 Å². The number of hydrogen-bond donors (Lipinski definition) is 2. The van der Waals surface area contributed by atoms with Crippen molar-refractivity contribution in [3.05, 3.63) is 22.2 Å². The number of aliphatic hydroxyl groups excluding tert-OH is 1. The number of halogens is 1. The van der Waals surface area contributed by atoms with E-state index in [1.807, 2.05) is 32.9 Å². The minimum absolute atomic E-state index is 0.0840. The van der Waals surface area contributed by atoms with Crippen LogP contribution in [0.5, 0.6) is 11.5 Å². The molecule has 0 aliphatic rings. The highest BCUT2D eigenvalue weighted by Crippen LogP contribution is 2.34. The molecular formula is C16H26BrNO3. The van der Waals surface area contributed by atoms with Crippen LogP contribution in [0.3, 0.4) is 0 Å². The second-order valence-corrected chi connectivity index (χ2v) is 6.42. The van der Waals surface area contributed by atoms with E-state index in [9.17, 15) is 5.11 Å². The zero-order chi connectivity index (χ0) is 15.9. The molecule has 0 saturated carbocycles. The van der Waals surface area contributed by atoms with Gasteiger partial charge in [0.25, 0.3) is 0 Å². The van der Waals surface area contributed by atoms with E-state index in [0.717, 1.165) is 28.0 Å². The van der Waals surface area contributed by atoms with Gasteiger partial charge in [-0.05, 0) is 44.9 Å². The molecule has 0 saturated heterocycles. The molecule has 0 aliphatic heterocycles. The van der Waals surface area contributed by atoms with Crippen molar-refractivity contribution in [2.45, 2.75) is 46.2 Å². The summed E-state index contributed by atoms with van der Waals surface area (Å²) in [6.07, 6.45) is 0.956. The van der Waals surface area contributed by atoms with Crippen LogP contribution in [-0.4, -0.2) is 30.5 Å². The summed E-state index contributed by atoms with van der Waals surface area (Å²) in [4.78, 5) is 0. The quantitative estimate of drug-likeness (QED) is 0.708. The normalized spacial score (nSPS) is 11.5. The summed E-state index contributed by atoms with van der Waals surface area (Å²) in [5.41, 5.74) is 0.756. The maximum atomic E-state index is 9.30. The average Bonchev–Trinajstić information content (AvgIpc) is 2.46. The molecule has 0 bridgehead atoms. The molecule has 1 aromatic carbocycles. The van der Waals surface area contributed by atoms with Gasteiger partial charge in [0.2, 0.25) is 0 Å². The highest BCUT2D eigenvalue weighted by Gasteiger charge is 2.17. The standard InChI is InChI=1S/C16H26BrNO3/c1-5-7-21-15-9-13(17)12(8-14(15)20-6-2)10-18-16(3,4)11-19/h8-9,18-19H,5-7,10-11H2,1-4H3. The summed E-state index contributed by atoms with van der Waals surface area (Å²) in [5, 5.41) is 12.6. The van der Waals surface area contributed by atoms with Crippen LogP contribution in [0.4, 0.5) is 0 Å². The Morgan fingerprint density at radius 1 is 1.19 bits per heavy atom. The molecule has 0 unspecified atom stereocenters. The maximum Gasteiger partial charge on any atom is 0.162 e. The van der Waals surface area contributed by atoms with Crippen molar-refractivity contribution in [1.29, 1.82) is 0 Å². The zero-order valence-corrected chi connectivity index (χ0v) is 14.9. The molecule has 120 valence electrons. The van der Waals surface area contributed by atoms with Crippen LogP contribution in [0, 0.1) is 0 Å². The SMILES string of the molecule is CCCOc1cc(Br)c(CNC(C)(C)CO)cc1OCC. The monoisotopic (exact) mass is 359 g/mol. The second-order valence-electron chi connectivity index (χ2n) is 5.57. The van der Waals surface area contributed by atoms with Gasteiger partial charge in [-0.1, -0.05) is 22.9 Å². The molecule has 21 heavy (non-hydrogen) atoms. The van der Waals surface area contributed by atoms with Gasteiger partial charge >= 0.3 is 0 Å². The number of hydrogen-bond acceptors (Lipinski definition) is 4. The molecule has 2 N–H and O–H groups in total. The Labute approximate surface area is 136 Å². The number of rotatable bonds is 9. The van der Waals surface area contributed by atoms with Gasteiger partial charge in [0.05, 0.1) is 19.8 Å². The minimum atomic E-state index is -0.317. The van der Waals surface area contributed by atoms with E-state index >= 15 is 0 Å². The van der Waals surface area contributed by atoms with Crippen LogP contribution in [0.2, 0.25) is 0 Å². The lowest BCUT2D eigenvalue weighted by Crippen LogP contribution is -2.42. The minimum Gasteiger partial charge on any atom is -0.490 e. The Balaban J connectivity index is 2.92. The fourth-order valence-electron chi connectivity index (χ4n) is 1.70. The highest BCUT2D eigenvalue weighted by molar-refractivity contribution is 9.10. The third-order valence-electron chi connectivity index (χ3n) is 3.03. The molecule has 1 rings (SSSR count). The highest BCUT2D eigenvalue weighted by atomic mass is 79.9. The molecule has 0 amide bonds. The molecule has 1 aromatic rings. The van der Waals surface area contributed by atoms with Gasteiger partial charge in [-0.3, -0.25) is 0 Å². The summed E-state index contributed by atoms with van der Waals surface area (Å²) in [6.45, 7) is 9.94. The van der Waals surface area contributed by atoms with Crippen LogP contribution in [-0.2, 0) is 6.54 Å². The number of nitrogens with one attached hydrogen (secondary N) is 1. The van der Waals surface area contributed by atoms with Gasteiger partial charge in [-0.2, -0.15) is 0 Å². The molecule has 0 radical (unpaired) electrons. The molecular weight excluding hydrogens is 334 g/mol. The van der Waals surface area contributed by atoms with E-state index in [-0.39, 0.29) is 12.1 Å². The van der Waals surface area contributed by atoms with Gasteiger partial charge in [-0.15, -0.1) is 0 Å². The lowest BCUT2D eigenvalue weighted by Gasteiger charge is -2.24. The van der Waals surface area contributed by atoms with Gasteiger partial charge in [0.1, 0.15) is 0 Å². The first-order valence-corrected chi connectivity index (χ1v) is 8.16. The first-order chi connectivity index (χ1) is 9.93. The van der Waals surface area contributed by atoms with Crippen molar-refractivity contribution >= 4 is 15.9 Å². The summed E-state index contributed by atoms with van der Waals surface area (Å²) in [5.74, 6) is 1.52. The fraction of sp³-hybridized carbons (Fsp3) is 0.625. The third-order valence-corrected chi connectivity index (χ3v) is 3.77. The summed E-state index contributed by atoms with van der Waals surface area (Å²) < 4.78 is 12.4. The molecule has 0 aromatic heterocycles. The van der Waals surface area contributed by atoms with Crippen LogP contribution in [0.1, 0.15) is 39.7 Å². The van der Waals surface area contributed by atoms with Crippen LogP contribution < -0.4 is 14.8 Å². The molecule has 5 heteroatoms. The van der Waals surface area contributed by atoms with Crippen molar-refractivity contribution in [2.24, 2.45) is 0 Å². The van der Waals surface area contributed by atoms with E-state index < -0.39 is 0 Å². The van der Waals surface area contributed by atoms with E-state index in [4.69, 9.17) is 9.47 Å².